The Bertz CT molecular complexity index is 818. The van der Waals surface area contributed by atoms with Gasteiger partial charge in [0.2, 0.25) is 0 Å². The summed E-state index contributed by atoms with van der Waals surface area (Å²) in [6.07, 6.45) is 0.514. The zero-order chi connectivity index (χ0) is 18.5. The molecule has 2 aromatic rings. The van der Waals surface area contributed by atoms with Crippen LogP contribution >= 0.6 is 0 Å². The van der Waals surface area contributed by atoms with Gasteiger partial charge in [0, 0.05) is 25.2 Å². The number of rotatable bonds is 5. The summed E-state index contributed by atoms with van der Waals surface area (Å²) in [6, 6.07) is 13.8. The van der Waals surface area contributed by atoms with Gasteiger partial charge in [0.1, 0.15) is 0 Å². The first-order chi connectivity index (χ1) is 12.6. The van der Waals surface area contributed by atoms with E-state index in [0.29, 0.717) is 36.2 Å². The highest BCUT2D eigenvalue weighted by atomic mass is 19.2. The van der Waals surface area contributed by atoms with Gasteiger partial charge in [-0.05, 0) is 42.2 Å². The minimum Gasteiger partial charge on any atom is -0.463 e. The lowest BCUT2D eigenvalue weighted by Crippen LogP contribution is -2.33. The normalized spacial score (nSPS) is 15.2. The van der Waals surface area contributed by atoms with E-state index < -0.39 is 11.6 Å². The monoisotopic (exact) mass is 357 g/mol. The van der Waals surface area contributed by atoms with E-state index >= 15 is 0 Å². The van der Waals surface area contributed by atoms with Gasteiger partial charge in [-0.3, -0.25) is 4.90 Å². The number of benzene rings is 2. The van der Waals surface area contributed by atoms with Crippen molar-refractivity contribution in [2.45, 2.75) is 19.9 Å². The number of ether oxygens (including phenoxy) is 1. The molecule has 0 N–H and O–H groups in total. The van der Waals surface area contributed by atoms with Gasteiger partial charge in [-0.1, -0.05) is 36.4 Å². The molecular formula is C21H21F2NO2. The molecule has 0 amide bonds. The minimum absolute atomic E-state index is 0.279. The highest BCUT2D eigenvalue weighted by Crippen LogP contribution is 2.29. The minimum atomic E-state index is -0.918. The van der Waals surface area contributed by atoms with E-state index in [-0.39, 0.29) is 12.6 Å². The molecule has 0 aliphatic carbocycles. The summed E-state index contributed by atoms with van der Waals surface area (Å²) in [5.74, 6) is -2.20. The zero-order valence-electron chi connectivity index (χ0n) is 14.7. The number of halogens is 2. The molecule has 0 fully saturated rings. The standard InChI is InChI=1S/C21H21F2NO2/c1-2-26-21(25)17-10-11-24(13-15-6-4-3-5-7-15)14-18(17)16-8-9-19(22)20(23)12-16/h3-9,12H,2,10-11,13-14H2,1H3. The highest BCUT2D eigenvalue weighted by molar-refractivity contribution is 5.98. The molecule has 0 saturated heterocycles. The lowest BCUT2D eigenvalue weighted by atomic mass is 9.93. The van der Waals surface area contributed by atoms with E-state index in [4.69, 9.17) is 4.74 Å². The molecule has 1 aliphatic rings. The Kier molecular flexibility index (Phi) is 5.78. The molecule has 2 aromatic carbocycles. The molecule has 26 heavy (non-hydrogen) atoms. The van der Waals surface area contributed by atoms with Crippen molar-refractivity contribution in [2.75, 3.05) is 19.7 Å². The first kappa shape index (κ1) is 18.3. The second-order valence-electron chi connectivity index (χ2n) is 6.25. The van der Waals surface area contributed by atoms with Crippen molar-refractivity contribution in [3.63, 3.8) is 0 Å². The Morgan fingerprint density at radius 2 is 1.88 bits per heavy atom. The molecular weight excluding hydrogens is 336 g/mol. The second-order valence-corrected chi connectivity index (χ2v) is 6.25. The van der Waals surface area contributed by atoms with Crippen LogP contribution in [0.15, 0.2) is 54.1 Å². The van der Waals surface area contributed by atoms with Crippen LogP contribution in [-0.4, -0.2) is 30.6 Å². The highest BCUT2D eigenvalue weighted by Gasteiger charge is 2.26. The van der Waals surface area contributed by atoms with Crippen LogP contribution < -0.4 is 0 Å². The average molecular weight is 357 g/mol. The lowest BCUT2D eigenvalue weighted by molar-refractivity contribution is -0.138. The number of esters is 1. The molecule has 1 aliphatic heterocycles. The smallest absolute Gasteiger partial charge is 0.334 e. The van der Waals surface area contributed by atoms with Gasteiger partial charge in [0.05, 0.1) is 6.61 Å². The summed E-state index contributed by atoms with van der Waals surface area (Å²) in [6.45, 7) is 3.94. The second kappa shape index (κ2) is 8.23. The molecule has 0 radical (unpaired) electrons. The molecule has 5 heteroatoms. The quantitative estimate of drug-likeness (QED) is 0.752. The van der Waals surface area contributed by atoms with Crippen LogP contribution in [0.3, 0.4) is 0 Å². The molecule has 0 unspecified atom stereocenters. The fraction of sp³-hybridized carbons (Fsp3) is 0.286. The van der Waals surface area contributed by atoms with Crippen LogP contribution in [0, 0.1) is 11.6 Å². The molecule has 0 atom stereocenters. The van der Waals surface area contributed by atoms with E-state index in [1.54, 1.807) is 6.92 Å². The van der Waals surface area contributed by atoms with E-state index in [2.05, 4.69) is 4.90 Å². The first-order valence-corrected chi connectivity index (χ1v) is 8.69. The van der Waals surface area contributed by atoms with Gasteiger partial charge in [-0.25, -0.2) is 13.6 Å². The van der Waals surface area contributed by atoms with Crippen molar-refractivity contribution in [2.24, 2.45) is 0 Å². The summed E-state index contributed by atoms with van der Waals surface area (Å²) < 4.78 is 32.2. The van der Waals surface area contributed by atoms with Crippen molar-refractivity contribution in [1.29, 1.82) is 0 Å². The van der Waals surface area contributed by atoms with Gasteiger partial charge >= 0.3 is 5.97 Å². The first-order valence-electron chi connectivity index (χ1n) is 8.69. The van der Waals surface area contributed by atoms with Gasteiger partial charge in [-0.15, -0.1) is 0 Å². The third-order valence-corrected chi connectivity index (χ3v) is 4.46. The fourth-order valence-electron chi connectivity index (χ4n) is 3.19. The average Bonchev–Trinajstić information content (AvgIpc) is 2.65. The maximum Gasteiger partial charge on any atom is 0.334 e. The molecule has 1 heterocycles. The Balaban J connectivity index is 1.91. The predicted octanol–water partition coefficient (Wildman–Crippen LogP) is 4.19. The van der Waals surface area contributed by atoms with Crippen LogP contribution in [0.4, 0.5) is 8.78 Å². The molecule has 3 nitrogen and oxygen atoms in total. The van der Waals surface area contributed by atoms with Gasteiger partial charge in [0.15, 0.2) is 11.6 Å². The summed E-state index contributed by atoms with van der Waals surface area (Å²) in [5.41, 5.74) is 2.92. The predicted molar refractivity (Wildman–Crippen MR) is 96.2 cm³/mol. The molecule has 0 spiro atoms. The summed E-state index contributed by atoms with van der Waals surface area (Å²) in [5, 5.41) is 0. The van der Waals surface area contributed by atoms with Crippen molar-refractivity contribution in [1.82, 2.24) is 4.90 Å². The Hall–Kier alpha value is -2.53. The van der Waals surface area contributed by atoms with Gasteiger partial charge in [0.25, 0.3) is 0 Å². The topological polar surface area (TPSA) is 29.5 Å². The van der Waals surface area contributed by atoms with E-state index in [0.717, 1.165) is 24.2 Å². The summed E-state index contributed by atoms with van der Waals surface area (Å²) in [4.78, 5) is 14.5. The van der Waals surface area contributed by atoms with Crippen LogP contribution in [0.1, 0.15) is 24.5 Å². The number of nitrogens with zero attached hydrogens (tertiary/aromatic N) is 1. The van der Waals surface area contributed by atoms with E-state index in [1.165, 1.54) is 6.07 Å². The SMILES string of the molecule is CCOC(=O)C1=C(c2ccc(F)c(F)c2)CN(Cc2ccccc2)CC1. The number of carbonyl (C=O) groups is 1. The molecule has 3 rings (SSSR count). The summed E-state index contributed by atoms with van der Waals surface area (Å²) >= 11 is 0. The zero-order valence-corrected chi connectivity index (χ0v) is 14.7. The number of hydrogen-bond donors (Lipinski definition) is 0. The van der Waals surface area contributed by atoms with Crippen LogP contribution in [0.5, 0.6) is 0 Å². The third-order valence-electron chi connectivity index (χ3n) is 4.46. The van der Waals surface area contributed by atoms with Gasteiger partial charge in [-0.2, -0.15) is 0 Å². The van der Waals surface area contributed by atoms with Crippen LogP contribution in [0.25, 0.3) is 5.57 Å². The number of carbonyl (C=O) groups excluding carboxylic acids is 1. The van der Waals surface area contributed by atoms with Crippen molar-refractivity contribution in [3.05, 3.63) is 76.9 Å². The fourth-order valence-corrected chi connectivity index (χ4v) is 3.19. The van der Waals surface area contributed by atoms with Crippen molar-refractivity contribution < 1.29 is 18.3 Å². The number of hydrogen-bond acceptors (Lipinski definition) is 3. The molecule has 0 bridgehead atoms. The van der Waals surface area contributed by atoms with E-state index in [1.807, 2.05) is 30.3 Å². The third kappa shape index (κ3) is 4.17. The Labute approximate surface area is 151 Å². The van der Waals surface area contributed by atoms with Crippen LogP contribution in [0.2, 0.25) is 0 Å². The Morgan fingerprint density at radius 1 is 1.12 bits per heavy atom. The van der Waals surface area contributed by atoms with Crippen molar-refractivity contribution in [3.8, 4) is 0 Å². The maximum absolute atomic E-state index is 13.7. The van der Waals surface area contributed by atoms with Crippen molar-refractivity contribution >= 4 is 11.5 Å². The molecule has 0 aromatic heterocycles. The Morgan fingerprint density at radius 3 is 2.58 bits per heavy atom. The van der Waals surface area contributed by atoms with Gasteiger partial charge < -0.3 is 4.74 Å². The maximum atomic E-state index is 13.7. The van der Waals surface area contributed by atoms with Crippen LogP contribution in [-0.2, 0) is 16.1 Å². The lowest BCUT2D eigenvalue weighted by Gasteiger charge is -2.30. The summed E-state index contributed by atoms with van der Waals surface area (Å²) in [7, 11) is 0. The molecule has 136 valence electrons. The molecule has 0 saturated carbocycles. The van der Waals surface area contributed by atoms with E-state index in [9.17, 15) is 13.6 Å². The largest absolute Gasteiger partial charge is 0.463 e.